The highest BCUT2D eigenvalue weighted by Crippen LogP contribution is 2.32. The summed E-state index contributed by atoms with van der Waals surface area (Å²) in [4.78, 5) is 18.5. The number of rotatable bonds is 3. The van der Waals surface area contributed by atoms with Gasteiger partial charge in [0.1, 0.15) is 0 Å². The molecule has 0 saturated heterocycles. The lowest BCUT2D eigenvalue weighted by Gasteiger charge is -2.08. The van der Waals surface area contributed by atoms with E-state index in [2.05, 4.69) is 9.97 Å². The van der Waals surface area contributed by atoms with Gasteiger partial charge in [-0.3, -0.25) is 4.79 Å². The van der Waals surface area contributed by atoms with Crippen molar-refractivity contribution in [3.63, 3.8) is 0 Å². The zero-order chi connectivity index (χ0) is 13.1. The van der Waals surface area contributed by atoms with E-state index in [1.165, 1.54) is 24.0 Å². The lowest BCUT2D eigenvalue weighted by Crippen LogP contribution is -2.05. The first-order chi connectivity index (χ1) is 8.56. The second-order valence-corrected chi connectivity index (χ2v) is 5.14. The van der Waals surface area contributed by atoms with E-state index >= 15 is 0 Å². The molecule has 1 aromatic carbocycles. The van der Waals surface area contributed by atoms with Gasteiger partial charge in [-0.15, -0.1) is 0 Å². The third-order valence-corrected chi connectivity index (χ3v) is 3.69. The number of aromatic amines is 1. The van der Waals surface area contributed by atoms with E-state index in [1.54, 1.807) is 25.1 Å². The molecule has 4 nitrogen and oxygen atoms in total. The van der Waals surface area contributed by atoms with Gasteiger partial charge in [-0.25, -0.2) is 4.98 Å². The monoisotopic (exact) mass is 282 g/mol. The highest BCUT2D eigenvalue weighted by molar-refractivity contribution is 7.99. The van der Waals surface area contributed by atoms with Crippen LogP contribution >= 0.6 is 23.4 Å². The zero-order valence-electron chi connectivity index (χ0n) is 9.55. The summed E-state index contributed by atoms with van der Waals surface area (Å²) < 4.78 is 0. The predicted octanol–water partition coefficient (Wildman–Crippen LogP) is 2.63. The molecule has 6 heteroatoms. The van der Waals surface area contributed by atoms with Crippen molar-refractivity contribution in [2.45, 2.75) is 23.1 Å². The molecule has 0 fully saturated rings. The second kappa shape index (κ2) is 5.56. The first-order valence-corrected chi connectivity index (χ1v) is 6.46. The predicted molar refractivity (Wildman–Crippen MR) is 71.1 cm³/mol. The van der Waals surface area contributed by atoms with Crippen LogP contribution in [-0.2, 0) is 0 Å². The molecule has 2 rings (SSSR count). The van der Waals surface area contributed by atoms with Gasteiger partial charge < -0.3 is 10.1 Å². The Morgan fingerprint density at radius 3 is 2.83 bits per heavy atom. The molecule has 0 aliphatic carbocycles. The number of hydrogen-bond acceptors (Lipinski definition) is 4. The third-order valence-electron chi connectivity index (χ3n) is 2.29. The van der Waals surface area contributed by atoms with Gasteiger partial charge in [-0.05, 0) is 24.6 Å². The van der Waals surface area contributed by atoms with Crippen LogP contribution in [0.1, 0.15) is 18.6 Å². The number of aliphatic hydroxyl groups excluding tert-OH is 1. The molecule has 0 aliphatic heterocycles. The summed E-state index contributed by atoms with van der Waals surface area (Å²) in [7, 11) is 0. The Balaban J connectivity index is 2.27. The van der Waals surface area contributed by atoms with E-state index < -0.39 is 6.10 Å². The van der Waals surface area contributed by atoms with Crippen LogP contribution in [0.2, 0.25) is 5.02 Å². The minimum Gasteiger partial charge on any atom is -0.389 e. The molecule has 1 aromatic heterocycles. The van der Waals surface area contributed by atoms with Gasteiger partial charge >= 0.3 is 0 Å². The first kappa shape index (κ1) is 13.1. The molecule has 2 aromatic rings. The Hall–Kier alpha value is -1.30. The van der Waals surface area contributed by atoms with Crippen molar-refractivity contribution in [1.29, 1.82) is 0 Å². The summed E-state index contributed by atoms with van der Waals surface area (Å²) in [6.45, 7) is 1.68. The van der Waals surface area contributed by atoms with Crippen LogP contribution in [0.25, 0.3) is 0 Å². The lowest BCUT2D eigenvalue weighted by molar-refractivity contribution is 0.199. The maximum Gasteiger partial charge on any atom is 0.251 e. The van der Waals surface area contributed by atoms with Crippen LogP contribution in [0.5, 0.6) is 0 Å². The van der Waals surface area contributed by atoms with Crippen molar-refractivity contribution < 1.29 is 5.11 Å². The summed E-state index contributed by atoms with van der Waals surface area (Å²) in [5.74, 6) is 0. The summed E-state index contributed by atoms with van der Waals surface area (Å²) in [6, 6.07) is 6.64. The van der Waals surface area contributed by atoms with Crippen molar-refractivity contribution in [3.8, 4) is 0 Å². The van der Waals surface area contributed by atoms with Crippen LogP contribution in [0, 0.1) is 0 Å². The van der Waals surface area contributed by atoms with E-state index in [1.807, 2.05) is 0 Å². The minimum absolute atomic E-state index is 0.204. The number of aromatic nitrogens is 2. The molecule has 0 radical (unpaired) electrons. The first-order valence-electron chi connectivity index (χ1n) is 5.27. The van der Waals surface area contributed by atoms with Crippen molar-refractivity contribution in [2.24, 2.45) is 0 Å². The largest absolute Gasteiger partial charge is 0.389 e. The topological polar surface area (TPSA) is 66.0 Å². The average Bonchev–Trinajstić information content (AvgIpc) is 2.31. The van der Waals surface area contributed by atoms with E-state index in [9.17, 15) is 9.90 Å². The molecule has 0 bridgehead atoms. The van der Waals surface area contributed by atoms with E-state index in [4.69, 9.17) is 11.6 Å². The maximum atomic E-state index is 11.1. The lowest BCUT2D eigenvalue weighted by atomic mass is 10.1. The van der Waals surface area contributed by atoms with Gasteiger partial charge in [0.2, 0.25) is 0 Å². The number of H-pyrrole nitrogens is 1. The number of benzene rings is 1. The summed E-state index contributed by atoms with van der Waals surface area (Å²) in [6.07, 6.45) is 0.885. The van der Waals surface area contributed by atoms with Gasteiger partial charge in [-0.1, -0.05) is 29.4 Å². The maximum absolute atomic E-state index is 11.1. The molecular formula is C12H11ClN2O2S. The zero-order valence-corrected chi connectivity index (χ0v) is 11.1. The van der Waals surface area contributed by atoms with Crippen LogP contribution in [0.3, 0.4) is 0 Å². The normalized spacial score (nSPS) is 12.4. The van der Waals surface area contributed by atoms with Gasteiger partial charge in [0, 0.05) is 17.2 Å². The average molecular weight is 283 g/mol. The van der Waals surface area contributed by atoms with E-state index in [0.29, 0.717) is 10.2 Å². The van der Waals surface area contributed by atoms with Crippen LogP contribution in [-0.4, -0.2) is 15.1 Å². The quantitative estimate of drug-likeness (QED) is 0.850. The number of nitrogens with zero attached hydrogens (tertiary/aromatic N) is 1. The third kappa shape index (κ3) is 3.13. The molecule has 18 heavy (non-hydrogen) atoms. The molecule has 0 saturated carbocycles. The second-order valence-electron chi connectivity index (χ2n) is 3.71. The molecule has 0 aliphatic rings. The van der Waals surface area contributed by atoms with E-state index in [0.717, 1.165) is 10.5 Å². The highest BCUT2D eigenvalue weighted by atomic mass is 35.5. The highest BCUT2D eigenvalue weighted by Gasteiger charge is 2.08. The SMILES string of the molecule is CC(O)c1ccc(Sc2nccc(=O)[nH]2)c(Cl)c1. The molecular weight excluding hydrogens is 272 g/mol. The molecule has 0 spiro atoms. The van der Waals surface area contributed by atoms with Crippen molar-refractivity contribution >= 4 is 23.4 Å². The Morgan fingerprint density at radius 1 is 1.44 bits per heavy atom. The summed E-state index contributed by atoms with van der Waals surface area (Å²) in [5, 5.41) is 10.4. The van der Waals surface area contributed by atoms with Crippen molar-refractivity contribution in [2.75, 3.05) is 0 Å². The Bertz CT molecular complexity index is 613. The number of hydrogen-bond donors (Lipinski definition) is 2. The molecule has 1 atom stereocenters. The van der Waals surface area contributed by atoms with Gasteiger partial charge in [0.05, 0.1) is 11.1 Å². The van der Waals surface area contributed by atoms with Crippen LogP contribution in [0.4, 0.5) is 0 Å². The number of aliphatic hydroxyl groups is 1. The molecule has 94 valence electrons. The smallest absolute Gasteiger partial charge is 0.251 e. The van der Waals surface area contributed by atoms with Gasteiger partial charge in [0.25, 0.3) is 5.56 Å². The molecule has 0 amide bonds. The Morgan fingerprint density at radius 2 is 2.22 bits per heavy atom. The van der Waals surface area contributed by atoms with Crippen LogP contribution < -0.4 is 5.56 Å². The summed E-state index contributed by atoms with van der Waals surface area (Å²) in [5.41, 5.74) is 0.545. The van der Waals surface area contributed by atoms with E-state index in [-0.39, 0.29) is 5.56 Å². The fourth-order valence-corrected chi connectivity index (χ4v) is 2.44. The number of halogens is 1. The fraction of sp³-hybridized carbons (Fsp3) is 0.167. The Kier molecular flexibility index (Phi) is 4.06. The molecule has 2 N–H and O–H groups in total. The Labute approximate surface area is 113 Å². The fourth-order valence-electron chi connectivity index (χ4n) is 1.37. The number of nitrogens with one attached hydrogen (secondary N) is 1. The van der Waals surface area contributed by atoms with Crippen molar-refractivity contribution in [3.05, 3.63) is 51.4 Å². The summed E-state index contributed by atoms with van der Waals surface area (Å²) >= 11 is 7.38. The molecule has 1 heterocycles. The van der Waals surface area contributed by atoms with Crippen molar-refractivity contribution in [1.82, 2.24) is 9.97 Å². The van der Waals surface area contributed by atoms with Crippen LogP contribution in [0.15, 0.2) is 45.3 Å². The standard InChI is InChI=1S/C12H11ClN2O2S/c1-7(16)8-2-3-10(9(13)6-8)18-12-14-5-4-11(17)15-12/h2-7,16H,1H3,(H,14,15,17). The molecule has 1 unspecified atom stereocenters. The van der Waals surface area contributed by atoms with Gasteiger partial charge in [-0.2, -0.15) is 0 Å². The van der Waals surface area contributed by atoms with Gasteiger partial charge in [0.15, 0.2) is 5.16 Å². The minimum atomic E-state index is -0.559.